The summed E-state index contributed by atoms with van der Waals surface area (Å²) in [6, 6.07) is 7.95. The Morgan fingerprint density at radius 1 is 1.10 bits per heavy atom. The second kappa shape index (κ2) is 14.8. The minimum atomic E-state index is -0.431. The highest BCUT2D eigenvalue weighted by Gasteiger charge is 2.31. The van der Waals surface area contributed by atoms with E-state index >= 15 is 0 Å². The van der Waals surface area contributed by atoms with Crippen molar-refractivity contribution in [2.24, 2.45) is 0 Å². The second-order valence-electron chi connectivity index (χ2n) is 13.0. The molecule has 4 heterocycles. The van der Waals surface area contributed by atoms with Crippen LogP contribution in [0.2, 0.25) is 0 Å². The van der Waals surface area contributed by atoms with Crippen molar-refractivity contribution in [3.05, 3.63) is 83.5 Å². The first-order valence-electron chi connectivity index (χ1n) is 16.8. The number of amides is 2. The number of carbonyl (C=O) groups is 2. The average Bonchev–Trinajstić information content (AvgIpc) is 3.86. The molecule has 1 saturated carbocycles. The Labute approximate surface area is 287 Å². The van der Waals surface area contributed by atoms with Crippen LogP contribution in [-0.4, -0.2) is 94.4 Å². The third-order valence-corrected chi connectivity index (χ3v) is 9.33. The molecule has 2 amide bonds. The Morgan fingerprint density at radius 3 is 2.57 bits per heavy atom. The molecule has 12 nitrogen and oxygen atoms in total. The molecule has 258 valence electrons. The number of hydrogen-bond donors (Lipinski definition) is 1. The highest BCUT2D eigenvalue weighted by molar-refractivity contribution is 6.14. The first-order valence-corrected chi connectivity index (χ1v) is 16.8. The summed E-state index contributed by atoms with van der Waals surface area (Å²) >= 11 is 0. The normalized spacial score (nSPS) is 17.2. The van der Waals surface area contributed by atoms with Gasteiger partial charge in [0, 0.05) is 57.1 Å². The molecule has 1 aromatic carbocycles. The van der Waals surface area contributed by atoms with E-state index < -0.39 is 6.10 Å². The van der Waals surface area contributed by atoms with Crippen molar-refractivity contribution in [1.29, 1.82) is 0 Å². The van der Waals surface area contributed by atoms with Crippen LogP contribution in [0.4, 0.5) is 5.82 Å². The fourth-order valence-corrected chi connectivity index (χ4v) is 6.48. The topological polar surface area (TPSA) is 124 Å². The number of aromatic nitrogens is 4. The van der Waals surface area contributed by atoms with E-state index in [2.05, 4.69) is 40.8 Å². The lowest BCUT2D eigenvalue weighted by Gasteiger charge is -2.40. The lowest BCUT2D eigenvalue weighted by atomic mass is 10.0. The van der Waals surface area contributed by atoms with Gasteiger partial charge in [-0.2, -0.15) is 5.10 Å². The highest BCUT2D eigenvalue weighted by atomic mass is 16.5. The molecule has 0 spiro atoms. The SMILES string of the molecule is C=CC(=O)N1CCN(C[C@@H](Oc2cc(C)c(C(=O)Nc3ncc(OC)cc3C)c3cn(CCOC)nc23)c2ccc(C3CC3)cn2)C[C@H]1C. The lowest BCUT2D eigenvalue weighted by molar-refractivity contribution is -0.130. The maximum atomic E-state index is 13.9. The summed E-state index contributed by atoms with van der Waals surface area (Å²) in [5, 5.41) is 8.53. The van der Waals surface area contributed by atoms with E-state index in [1.807, 2.05) is 43.3 Å². The van der Waals surface area contributed by atoms with Crippen LogP contribution >= 0.6 is 0 Å². The van der Waals surface area contributed by atoms with Crippen molar-refractivity contribution in [3.8, 4) is 11.5 Å². The molecule has 2 aliphatic rings. The van der Waals surface area contributed by atoms with Crippen LogP contribution in [-0.2, 0) is 16.1 Å². The fraction of sp³-hybridized carbons (Fsp3) is 0.432. The minimum absolute atomic E-state index is 0.0251. The molecule has 1 saturated heterocycles. The summed E-state index contributed by atoms with van der Waals surface area (Å²) in [7, 11) is 3.22. The van der Waals surface area contributed by atoms with Gasteiger partial charge in [0.15, 0.2) is 6.10 Å². The highest BCUT2D eigenvalue weighted by Crippen LogP contribution is 2.40. The van der Waals surface area contributed by atoms with Crippen LogP contribution in [0.3, 0.4) is 0 Å². The van der Waals surface area contributed by atoms with Crippen molar-refractivity contribution in [3.63, 3.8) is 0 Å². The van der Waals surface area contributed by atoms with Gasteiger partial charge in [0.25, 0.3) is 5.91 Å². The van der Waals surface area contributed by atoms with Gasteiger partial charge in [0.05, 0.1) is 37.7 Å². The van der Waals surface area contributed by atoms with E-state index in [1.54, 1.807) is 25.1 Å². The molecule has 1 N–H and O–H groups in total. The van der Waals surface area contributed by atoms with Gasteiger partial charge in [0.1, 0.15) is 22.8 Å². The number of benzene rings is 1. The number of pyridine rings is 2. The number of carbonyl (C=O) groups excluding carboxylic acids is 2. The second-order valence-corrected chi connectivity index (χ2v) is 13.0. The van der Waals surface area contributed by atoms with Crippen LogP contribution in [0.15, 0.2) is 55.5 Å². The number of nitrogens with zero attached hydrogens (tertiary/aromatic N) is 6. The zero-order valence-electron chi connectivity index (χ0n) is 28.9. The van der Waals surface area contributed by atoms with Crippen molar-refractivity contribution in [1.82, 2.24) is 29.5 Å². The zero-order valence-corrected chi connectivity index (χ0v) is 28.9. The standard InChI is InChI=1S/C37H45N7O5/c1-7-33(45)44-13-12-42(20-25(44)4)22-32(30-11-10-27(18-38-30)26-8-9-26)49-31-17-23(2)34(29-21-43(14-15-47-5)41-35(29)31)37(46)40-36-24(3)16-28(48-6)19-39-36/h7,10-11,16-19,21,25-26,32H,1,8-9,12-15,20,22H2,2-6H3,(H,39,40,46)/t25-,32-/m1/s1. The molecule has 2 fully saturated rings. The summed E-state index contributed by atoms with van der Waals surface area (Å²) in [5.41, 5.74) is 4.64. The molecule has 0 radical (unpaired) electrons. The summed E-state index contributed by atoms with van der Waals surface area (Å²) in [4.78, 5) is 39.7. The average molecular weight is 668 g/mol. The molecule has 12 heteroatoms. The number of anilines is 1. The first-order chi connectivity index (χ1) is 23.7. The molecule has 1 aliphatic carbocycles. The molecule has 4 aromatic rings. The van der Waals surface area contributed by atoms with Gasteiger partial charge in [0.2, 0.25) is 5.91 Å². The summed E-state index contributed by atoms with van der Waals surface area (Å²) in [6.07, 6.45) is 8.75. The van der Waals surface area contributed by atoms with Gasteiger partial charge in [-0.3, -0.25) is 24.2 Å². The largest absolute Gasteiger partial charge is 0.495 e. The van der Waals surface area contributed by atoms with Crippen LogP contribution in [0.5, 0.6) is 11.5 Å². The third kappa shape index (κ3) is 7.60. The van der Waals surface area contributed by atoms with Crippen LogP contribution in [0, 0.1) is 13.8 Å². The van der Waals surface area contributed by atoms with Gasteiger partial charge in [-0.05, 0) is 80.5 Å². The molecule has 2 atom stereocenters. The fourth-order valence-electron chi connectivity index (χ4n) is 6.48. The molecule has 0 bridgehead atoms. The lowest BCUT2D eigenvalue weighted by Crippen LogP contribution is -2.54. The first kappa shape index (κ1) is 34.1. The molecule has 0 unspecified atom stereocenters. The number of piperazine rings is 1. The maximum Gasteiger partial charge on any atom is 0.257 e. The van der Waals surface area contributed by atoms with E-state index in [-0.39, 0.29) is 17.9 Å². The number of fused-ring (bicyclic) bond motifs is 1. The summed E-state index contributed by atoms with van der Waals surface area (Å²) in [5.74, 6) is 1.87. The molecular weight excluding hydrogens is 622 g/mol. The maximum absolute atomic E-state index is 13.9. The minimum Gasteiger partial charge on any atom is -0.495 e. The van der Waals surface area contributed by atoms with Gasteiger partial charge in [-0.1, -0.05) is 12.6 Å². The molecule has 1 aliphatic heterocycles. The Kier molecular flexibility index (Phi) is 10.3. The van der Waals surface area contributed by atoms with Gasteiger partial charge in [-0.25, -0.2) is 4.98 Å². The van der Waals surface area contributed by atoms with Crippen LogP contribution < -0.4 is 14.8 Å². The Bertz CT molecular complexity index is 1840. The molecule has 3 aromatic heterocycles. The number of aryl methyl sites for hydroxylation is 2. The predicted molar refractivity (Wildman–Crippen MR) is 187 cm³/mol. The monoisotopic (exact) mass is 667 g/mol. The number of nitrogens with one attached hydrogen (secondary N) is 1. The number of ether oxygens (including phenoxy) is 3. The predicted octanol–water partition coefficient (Wildman–Crippen LogP) is 5.07. The Balaban J connectivity index is 1.34. The van der Waals surface area contributed by atoms with Crippen LogP contribution in [0.25, 0.3) is 10.9 Å². The van der Waals surface area contributed by atoms with E-state index in [1.165, 1.54) is 24.5 Å². The van der Waals surface area contributed by atoms with E-state index in [4.69, 9.17) is 24.3 Å². The molecule has 49 heavy (non-hydrogen) atoms. The number of rotatable bonds is 13. The Hall–Kier alpha value is -4.81. The number of methoxy groups -OCH3 is 2. The zero-order chi connectivity index (χ0) is 34.7. The van der Waals surface area contributed by atoms with Crippen LogP contribution in [0.1, 0.15) is 64.5 Å². The van der Waals surface area contributed by atoms with Crippen molar-refractivity contribution in [2.45, 2.75) is 58.2 Å². The quantitative estimate of drug-likeness (QED) is 0.195. The van der Waals surface area contributed by atoms with E-state index in [9.17, 15) is 9.59 Å². The Morgan fingerprint density at radius 2 is 1.92 bits per heavy atom. The summed E-state index contributed by atoms with van der Waals surface area (Å²) in [6.45, 7) is 13.0. The summed E-state index contributed by atoms with van der Waals surface area (Å²) < 4.78 is 19.3. The molecular formula is C37H45N7O5. The van der Waals surface area contributed by atoms with Gasteiger partial charge >= 0.3 is 0 Å². The van der Waals surface area contributed by atoms with E-state index in [0.717, 1.165) is 16.8 Å². The van der Waals surface area contributed by atoms with Gasteiger partial charge < -0.3 is 24.4 Å². The van der Waals surface area contributed by atoms with E-state index in [0.29, 0.717) is 79.0 Å². The van der Waals surface area contributed by atoms with Crippen molar-refractivity contribution < 1.29 is 23.8 Å². The number of hydrogen-bond acceptors (Lipinski definition) is 9. The van der Waals surface area contributed by atoms with Gasteiger partial charge in [-0.15, -0.1) is 0 Å². The molecule has 6 rings (SSSR count). The van der Waals surface area contributed by atoms with Crippen molar-refractivity contribution in [2.75, 3.05) is 52.3 Å². The third-order valence-electron chi connectivity index (χ3n) is 9.33. The smallest absolute Gasteiger partial charge is 0.257 e. The van der Waals surface area contributed by atoms with Crippen molar-refractivity contribution >= 4 is 28.5 Å².